The second kappa shape index (κ2) is 8.02. The van der Waals surface area contributed by atoms with E-state index in [9.17, 15) is 27.9 Å². The molecule has 0 saturated carbocycles. The van der Waals surface area contributed by atoms with E-state index in [0.717, 1.165) is 12.1 Å². The molecular formula is C20H19F3N2O3. The topological polar surface area (TPSA) is 69.6 Å². The molecule has 2 amide bonds. The quantitative estimate of drug-likeness (QED) is 0.822. The van der Waals surface area contributed by atoms with Gasteiger partial charge in [-0.3, -0.25) is 9.59 Å². The maximum atomic E-state index is 12.6. The second-order valence-corrected chi connectivity index (χ2v) is 6.62. The van der Waals surface area contributed by atoms with E-state index in [-0.39, 0.29) is 36.9 Å². The number of hydrogen-bond donors (Lipinski definition) is 2. The summed E-state index contributed by atoms with van der Waals surface area (Å²) in [5.74, 6) is -1.08. The minimum absolute atomic E-state index is 0.0666. The molecule has 28 heavy (non-hydrogen) atoms. The smallest absolute Gasteiger partial charge is 0.387 e. The molecule has 148 valence electrons. The molecular weight excluding hydrogens is 373 g/mol. The van der Waals surface area contributed by atoms with Crippen LogP contribution in [0.5, 0.6) is 0 Å². The molecule has 8 heteroatoms. The third-order valence-corrected chi connectivity index (χ3v) is 4.66. The second-order valence-electron chi connectivity index (χ2n) is 6.62. The van der Waals surface area contributed by atoms with Gasteiger partial charge in [0.25, 0.3) is 0 Å². The Labute approximate surface area is 159 Å². The molecule has 3 rings (SSSR count). The number of alkyl halides is 3. The first kappa shape index (κ1) is 19.9. The van der Waals surface area contributed by atoms with E-state index in [2.05, 4.69) is 5.32 Å². The van der Waals surface area contributed by atoms with Crippen LogP contribution in [0.3, 0.4) is 0 Å². The number of benzene rings is 2. The van der Waals surface area contributed by atoms with E-state index in [1.54, 1.807) is 24.3 Å². The van der Waals surface area contributed by atoms with Gasteiger partial charge in [-0.2, -0.15) is 13.2 Å². The number of halogens is 3. The summed E-state index contributed by atoms with van der Waals surface area (Å²) in [6.45, 7) is 0.0886. The summed E-state index contributed by atoms with van der Waals surface area (Å²) in [6.07, 6.45) is -5.53. The van der Waals surface area contributed by atoms with Crippen molar-refractivity contribution in [1.82, 2.24) is 5.32 Å². The first-order valence-corrected chi connectivity index (χ1v) is 8.74. The Balaban J connectivity index is 1.55. The number of carbonyl (C=O) groups excluding carboxylic acids is 2. The van der Waals surface area contributed by atoms with Gasteiger partial charge in [-0.25, -0.2) is 0 Å². The molecule has 1 fully saturated rings. The average Bonchev–Trinajstić information content (AvgIpc) is 3.08. The van der Waals surface area contributed by atoms with Crippen LogP contribution in [0.4, 0.5) is 18.9 Å². The van der Waals surface area contributed by atoms with Crippen LogP contribution in [0.25, 0.3) is 0 Å². The van der Waals surface area contributed by atoms with Gasteiger partial charge in [0.15, 0.2) is 0 Å². The van der Waals surface area contributed by atoms with Crippen molar-refractivity contribution >= 4 is 17.5 Å². The zero-order chi connectivity index (χ0) is 20.3. The summed E-state index contributed by atoms with van der Waals surface area (Å²) in [7, 11) is 0. The number of hydrogen-bond acceptors (Lipinski definition) is 3. The minimum atomic E-state index is -4.45. The lowest BCUT2D eigenvalue weighted by atomic mass is 10.1. The number of nitrogens with one attached hydrogen (secondary N) is 1. The molecule has 2 N–H and O–H groups in total. The van der Waals surface area contributed by atoms with E-state index in [0.29, 0.717) is 5.69 Å². The molecule has 0 spiro atoms. The van der Waals surface area contributed by atoms with Gasteiger partial charge in [0, 0.05) is 25.2 Å². The molecule has 1 aliphatic heterocycles. The molecule has 2 aromatic rings. The Bertz CT molecular complexity index is 838. The Morgan fingerprint density at radius 1 is 1.14 bits per heavy atom. The molecule has 1 aliphatic rings. The van der Waals surface area contributed by atoms with Crippen LogP contribution in [0, 0.1) is 5.92 Å². The van der Waals surface area contributed by atoms with Gasteiger partial charge in [0.2, 0.25) is 11.8 Å². The van der Waals surface area contributed by atoms with Crippen LogP contribution < -0.4 is 10.2 Å². The Morgan fingerprint density at radius 3 is 2.39 bits per heavy atom. The van der Waals surface area contributed by atoms with Crippen LogP contribution in [0.2, 0.25) is 0 Å². The van der Waals surface area contributed by atoms with Crippen molar-refractivity contribution in [3.8, 4) is 0 Å². The van der Waals surface area contributed by atoms with Crippen LogP contribution in [-0.4, -0.2) is 30.0 Å². The lowest BCUT2D eigenvalue weighted by Crippen LogP contribution is -2.35. The molecule has 1 saturated heterocycles. The predicted molar refractivity (Wildman–Crippen MR) is 96.3 cm³/mol. The molecule has 5 nitrogen and oxygen atoms in total. The number of carbonyl (C=O) groups is 2. The van der Waals surface area contributed by atoms with Gasteiger partial charge >= 0.3 is 6.18 Å². The fraction of sp³-hybridized carbons (Fsp3) is 0.300. The van der Waals surface area contributed by atoms with Crippen molar-refractivity contribution in [1.29, 1.82) is 0 Å². The van der Waals surface area contributed by atoms with Gasteiger partial charge in [-0.15, -0.1) is 0 Å². The highest BCUT2D eigenvalue weighted by molar-refractivity contribution is 6.00. The van der Waals surface area contributed by atoms with Crippen molar-refractivity contribution in [3.63, 3.8) is 0 Å². The molecule has 0 radical (unpaired) electrons. The van der Waals surface area contributed by atoms with Crippen molar-refractivity contribution in [2.45, 2.75) is 18.7 Å². The summed E-state index contributed by atoms with van der Waals surface area (Å²) < 4.78 is 37.7. The summed E-state index contributed by atoms with van der Waals surface area (Å²) in [6, 6.07) is 13.1. The SMILES string of the molecule is O=C(NCC(O)c1ccc(C(F)(F)F)cc1)C1CC(=O)N(c2ccccc2)C1. The minimum Gasteiger partial charge on any atom is -0.387 e. The van der Waals surface area contributed by atoms with Crippen molar-refractivity contribution in [2.75, 3.05) is 18.0 Å². The maximum absolute atomic E-state index is 12.6. The number of amides is 2. The van der Waals surface area contributed by atoms with Gasteiger partial charge < -0.3 is 15.3 Å². The number of nitrogens with zero attached hydrogens (tertiary/aromatic N) is 1. The summed E-state index contributed by atoms with van der Waals surface area (Å²) in [4.78, 5) is 26.0. The van der Waals surface area contributed by atoms with Crippen LogP contribution in [-0.2, 0) is 15.8 Å². The Morgan fingerprint density at radius 2 is 1.79 bits per heavy atom. The predicted octanol–water partition coefficient (Wildman–Crippen LogP) is 2.91. The number of aliphatic hydroxyl groups is 1. The van der Waals surface area contributed by atoms with E-state index >= 15 is 0 Å². The molecule has 1 heterocycles. The number of rotatable bonds is 5. The maximum Gasteiger partial charge on any atom is 0.416 e. The van der Waals surface area contributed by atoms with E-state index < -0.39 is 23.8 Å². The van der Waals surface area contributed by atoms with Crippen molar-refractivity contribution < 1.29 is 27.9 Å². The summed E-state index contributed by atoms with van der Waals surface area (Å²) >= 11 is 0. The van der Waals surface area contributed by atoms with Gasteiger partial charge in [0.1, 0.15) is 0 Å². The summed E-state index contributed by atoms with van der Waals surface area (Å²) in [5.41, 5.74) is 0.173. The molecule has 2 unspecified atom stereocenters. The fourth-order valence-corrected chi connectivity index (χ4v) is 3.09. The average molecular weight is 392 g/mol. The van der Waals surface area contributed by atoms with Gasteiger partial charge in [-0.1, -0.05) is 30.3 Å². The normalized spacial score (nSPS) is 18.2. The van der Waals surface area contributed by atoms with Gasteiger partial charge in [-0.05, 0) is 29.8 Å². The Kier molecular flexibility index (Phi) is 5.69. The molecule has 0 bridgehead atoms. The number of anilines is 1. The Hall–Kier alpha value is -2.87. The van der Waals surface area contributed by atoms with E-state index in [1.807, 2.05) is 6.07 Å². The molecule has 2 atom stereocenters. The first-order valence-electron chi connectivity index (χ1n) is 8.74. The molecule has 0 aromatic heterocycles. The van der Waals surface area contributed by atoms with Crippen LogP contribution in [0.15, 0.2) is 54.6 Å². The zero-order valence-corrected chi connectivity index (χ0v) is 14.8. The van der Waals surface area contributed by atoms with Crippen molar-refractivity contribution in [2.24, 2.45) is 5.92 Å². The standard InChI is InChI=1S/C20H19F3N2O3/c21-20(22,23)15-8-6-13(7-9-15)17(26)11-24-19(28)14-10-18(27)25(12-14)16-4-2-1-3-5-16/h1-9,14,17,26H,10-12H2,(H,24,28). The van der Waals surface area contributed by atoms with Crippen LogP contribution >= 0.6 is 0 Å². The highest BCUT2D eigenvalue weighted by Crippen LogP contribution is 2.30. The zero-order valence-electron chi connectivity index (χ0n) is 14.8. The molecule has 0 aliphatic carbocycles. The van der Waals surface area contributed by atoms with Crippen LogP contribution in [0.1, 0.15) is 23.7 Å². The van der Waals surface area contributed by atoms with E-state index in [4.69, 9.17) is 0 Å². The third-order valence-electron chi connectivity index (χ3n) is 4.66. The van der Waals surface area contributed by atoms with Crippen molar-refractivity contribution in [3.05, 3.63) is 65.7 Å². The number of aliphatic hydroxyl groups excluding tert-OH is 1. The number of para-hydroxylation sites is 1. The third kappa shape index (κ3) is 4.51. The van der Waals surface area contributed by atoms with E-state index in [1.165, 1.54) is 17.0 Å². The highest BCUT2D eigenvalue weighted by atomic mass is 19.4. The summed E-state index contributed by atoms with van der Waals surface area (Å²) in [5, 5.41) is 12.7. The lowest BCUT2D eigenvalue weighted by Gasteiger charge is -2.17. The monoisotopic (exact) mass is 392 g/mol. The largest absolute Gasteiger partial charge is 0.416 e. The molecule has 2 aromatic carbocycles. The first-order chi connectivity index (χ1) is 13.3. The fourth-order valence-electron chi connectivity index (χ4n) is 3.09. The highest BCUT2D eigenvalue weighted by Gasteiger charge is 2.35. The lowest BCUT2D eigenvalue weighted by molar-refractivity contribution is -0.137. The van der Waals surface area contributed by atoms with Gasteiger partial charge in [0.05, 0.1) is 17.6 Å².